The lowest BCUT2D eigenvalue weighted by molar-refractivity contribution is 0.698. The molecule has 1 N–H and O–H groups in total. The fraction of sp³-hybridized carbons (Fsp3) is 0.227. The number of nitrogens with zero attached hydrogens (tertiary/aromatic N) is 4. The van der Waals surface area contributed by atoms with Crippen molar-refractivity contribution in [2.45, 2.75) is 32.2 Å². The van der Waals surface area contributed by atoms with E-state index in [4.69, 9.17) is 4.98 Å². The van der Waals surface area contributed by atoms with E-state index in [0.29, 0.717) is 12.5 Å². The molecular weight excluding hydrogens is 382 g/mol. The molecule has 0 atom stereocenters. The maximum absolute atomic E-state index is 13.3. The number of rotatable bonds is 5. The van der Waals surface area contributed by atoms with Crippen LogP contribution in [-0.4, -0.2) is 19.1 Å². The van der Waals surface area contributed by atoms with Gasteiger partial charge in [0.05, 0.1) is 11.7 Å². The topological polar surface area (TPSA) is 64.7 Å². The zero-order chi connectivity index (χ0) is 19.8. The average Bonchev–Trinajstić information content (AvgIpc) is 3.39. The van der Waals surface area contributed by atoms with Gasteiger partial charge in [0.1, 0.15) is 4.83 Å². The Morgan fingerprint density at radius 3 is 2.79 bits per heavy atom. The van der Waals surface area contributed by atoms with Crippen LogP contribution in [0.15, 0.2) is 60.4 Å². The molecule has 1 aromatic carbocycles. The molecule has 0 bridgehead atoms. The molecule has 5 rings (SSSR count). The predicted molar refractivity (Wildman–Crippen MR) is 118 cm³/mol. The second kappa shape index (κ2) is 7.33. The fourth-order valence-corrected chi connectivity index (χ4v) is 5.14. The van der Waals surface area contributed by atoms with Crippen LogP contribution in [0, 0.1) is 0 Å². The summed E-state index contributed by atoms with van der Waals surface area (Å²) < 4.78 is 3.62. The van der Waals surface area contributed by atoms with Crippen LogP contribution in [-0.2, 0) is 19.4 Å². The maximum atomic E-state index is 13.3. The minimum Gasteiger partial charge on any atom is -0.325 e. The van der Waals surface area contributed by atoms with Gasteiger partial charge in [0.2, 0.25) is 5.95 Å². The summed E-state index contributed by atoms with van der Waals surface area (Å²) in [7, 11) is 0. The SMILES string of the molecule is C=CCn1c(Nc2ccc(-n3ccnc3)cc2)nc2sc3c(c2c1=O)CCCC3. The van der Waals surface area contributed by atoms with Crippen molar-refractivity contribution >= 4 is 33.2 Å². The first-order valence-electron chi connectivity index (χ1n) is 9.76. The van der Waals surface area contributed by atoms with Gasteiger partial charge in [0.15, 0.2) is 0 Å². The van der Waals surface area contributed by atoms with Gasteiger partial charge < -0.3 is 9.88 Å². The molecule has 6 nitrogen and oxygen atoms in total. The minimum absolute atomic E-state index is 0.0202. The van der Waals surface area contributed by atoms with Gasteiger partial charge in [-0.1, -0.05) is 6.08 Å². The summed E-state index contributed by atoms with van der Waals surface area (Å²) in [6, 6.07) is 7.96. The molecule has 3 aromatic heterocycles. The Labute approximate surface area is 172 Å². The molecule has 1 aliphatic carbocycles. The zero-order valence-corrected chi connectivity index (χ0v) is 16.8. The van der Waals surface area contributed by atoms with E-state index in [9.17, 15) is 4.79 Å². The lowest BCUT2D eigenvalue weighted by atomic mass is 9.97. The number of allylic oxidation sites excluding steroid dienone is 1. The van der Waals surface area contributed by atoms with Gasteiger partial charge in [0.25, 0.3) is 5.56 Å². The number of thiophene rings is 1. The van der Waals surface area contributed by atoms with Crippen LogP contribution < -0.4 is 10.9 Å². The quantitative estimate of drug-likeness (QED) is 0.500. The van der Waals surface area contributed by atoms with E-state index in [1.165, 1.54) is 16.9 Å². The Hall–Kier alpha value is -3.19. The van der Waals surface area contributed by atoms with Crippen LogP contribution in [0.25, 0.3) is 15.9 Å². The Morgan fingerprint density at radius 2 is 2.03 bits per heavy atom. The van der Waals surface area contributed by atoms with Crippen molar-refractivity contribution in [1.82, 2.24) is 19.1 Å². The van der Waals surface area contributed by atoms with Crippen molar-refractivity contribution < 1.29 is 0 Å². The highest BCUT2D eigenvalue weighted by molar-refractivity contribution is 7.18. The molecule has 4 aromatic rings. The van der Waals surface area contributed by atoms with E-state index in [-0.39, 0.29) is 5.56 Å². The molecule has 0 saturated heterocycles. The molecule has 0 spiro atoms. The predicted octanol–water partition coefficient (Wildman–Crippen LogP) is 4.45. The monoisotopic (exact) mass is 403 g/mol. The summed E-state index contributed by atoms with van der Waals surface area (Å²) in [6.07, 6.45) is 11.5. The van der Waals surface area contributed by atoms with Gasteiger partial charge >= 0.3 is 0 Å². The molecular formula is C22H21N5OS. The smallest absolute Gasteiger partial charge is 0.264 e. The molecule has 1 aliphatic rings. The highest BCUT2D eigenvalue weighted by Gasteiger charge is 2.21. The van der Waals surface area contributed by atoms with E-state index in [0.717, 1.165) is 40.9 Å². The van der Waals surface area contributed by atoms with Gasteiger partial charge in [-0.2, -0.15) is 0 Å². The third-order valence-electron chi connectivity index (χ3n) is 5.31. The molecule has 29 heavy (non-hydrogen) atoms. The van der Waals surface area contributed by atoms with Gasteiger partial charge in [-0.15, -0.1) is 17.9 Å². The van der Waals surface area contributed by atoms with E-state index >= 15 is 0 Å². The maximum Gasteiger partial charge on any atom is 0.264 e. The van der Waals surface area contributed by atoms with Crippen LogP contribution in [0.3, 0.4) is 0 Å². The summed E-state index contributed by atoms with van der Waals surface area (Å²) in [5.41, 5.74) is 3.12. The van der Waals surface area contributed by atoms with Crippen LogP contribution in [0.4, 0.5) is 11.6 Å². The largest absolute Gasteiger partial charge is 0.325 e. The number of aryl methyl sites for hydroxylation is 2. The number of benzene rings is 1. The van der Waals surface area contributed by atoms with Gasteiger partial charge in [0, 0.05) is 35.2 Å². The molecule has 0 aliphatic heterocycles. The third kappa shape index (κ3) is 3.17. The van der Waals surface area contributed by atoms with Crippen molar-refractivity contribution in [3.05, 3.63) is 76.4 Å². The van der Waals surface area contributed by atoms with E-state index in [2.05, 4.69) is 16.9 Å². The van der Waals surface area contributed by atoms with Gasteiger partial charge in [-0.3, -0.25) is 9.36 Å². The van der Waals surface area contributed by atoms with Crippen molar-refractivity contribution in [1.29, 1.82) is 0 Å². The molecule has 0 amide bonds. The number of fused-ring (bicyclic) bond motifs is 3. The summed E-state index contributed by atoms with van der Waals surface area (Å²) in [5.74, 6) is 0.552. The molecule has 0 unspecified atom stereocenters. The van der Waals surface area contributed by atoms with Crippen molar-refractivity contribution in [2.24, 2.45) is 0 Å². The van der Waals surface area contributed by atoms with Crippen LogP contribution >= 0.6 is 11.3 Å². The van der Waals surface area contributed by atoms with Crippen LogP contribution in [0.1, 0.15) is 23.3 Å². The van der Waals surface area contributed by atoms with Gasteiger partial charge in [-0.05, 0) is 55.5 Å². The number of aromatic nitrogens is 4. The first kappa shape index (κ1) is 17.9. The molecule has 0 fully saturated rings. The Morgan fingerprint density at radius 1 is 1.21 bits per heavy atom. The lowest BCUT2D eigenvalue weighted by Crippen LogP contribution is -2.24. The summed E-state index contributed by atoms with van der Waals surface area (Å²) in [4.78, 5) is 24.4. The lowest BCUT2D eigenvalue weighted by Gasteiger charge is -2.14. The molecule has 0 saturated carbocycles. The van der Waals surface area contributed by atoms with Crippen LogP contribution in [0.2, 0.25) is 0 Å². The molecule has 146 valence electrons. The Balaban J connectivity index is 1.56. The normalized spacial score (nSPS) is 13.4. The number of hydrogen-bond acceptors (Lipinski definition) is 5. The minimum atomic E-state index is 0.0202. The molecule has 3 heterocycles. The average molecular weight is 404 g/mol. The Kier molecular flexibility index (Phi) is 4.52. The summed E-state index contributed by atoms with van der Waals surface area (Å²) >= 11 is 1.67. The number of anilines is 2. The van der Waals surface area contributed by atoms with E-state index in [1.807, 2.05) is 35.0 Å². The second-order valence-corrected chi connectivity index (χ2v) is 8.26. The number of nitrogens with one attached hydrogen (secondary N) is 1. The Bertz CT molecular complexity index is 1240. The second-order valence-electron chi connectivity index (χ2n) is 7.17. The first-order chi connectivity index (χ1) is 14.2. The van der Waals surface area contributed by atoms with Crippen molar-refractivity contribution in [3.8, 4) is 5.69 Å². The number of hydrogen-bond donors (Lipinski definition) is 1. The number of imidazole rings is 1. The standard InChI is InChI=1S/C22H21N5OS/c1-2-12-27-21(28)19-17-5-3-4-6-18(17)29-20(19)25-22(27)24-15-7-9-16(10-8-15)26-13-11-23-14-26/h2,7-11,13-14H,1,3-6,12H2,(H,24,25). The zero-order valence-electron chi connectivity index (χ0n) is 16.0. The van der Waals surface area contributed by atoms with Crippen molar-refractivity contribution in [3.63, 3.8) is 0 Å². The van der Waals surface area contributed by atoms with Gasteiger partial charge in [-0.25, -0.2) is 9.97 Å². The molecule has 7 heteroatoms. The fourth-order valence-electron chi connectivity index (χ4n) is 3.89. The third-order valence-corrected chi connectivity index (χ3v) is 6.50. The van der Waals surface area contributed by atoms with E-state index in [1.54, 1.807) is 34.5 Å². The van der Waals surface area contributed by atoms with Crippen molar-refractivity contribution in [2.75, 3.05) is 5.32 Å². The highest BCUT2D eigenvalue weighted by atomic mass is 32.1. The first-order valence-corrected chi connectivity index (χ1v) is 10.6. The summed E-state index contributed by atoms with van der Waals surface area (Å²) in [5, 5.41) is 4.13. The summed E-state index contributed by atoms with van der Waals surface area (Å²) in [6.45, 7) is 4.24. The molecule has 0 radical (unpaired) electrons. The van der Waals surface area contributed by atoms with E-state index < -0.39 is 0 Å². The highest BCUT2D eigenvalue weighted by Crippen LogP contribution is 2.34. The van der Waals surface area contributed by atoms with Crippen LogP contribution in [0.5, 0.6) is 0 Å².